The van der Waals surface area contributed by atoms with Crippen LogP contribution in [0, 0.1) is 0 Å². The van der Waals surface area contributed by atoms with Gasteiger partial charge in [-0.05, 0) is 18.2 Å². The highest BCUT2D eigenvalue weighted by molar-refractivity contribution is 6.32. The fourth-order valence-electron chi connectivity index (χ4n) is 1.84. The number of benzene rings is 2. The summed E-state index contributed by atoms with van der Waals surface area (Å²) in [6.07, 6.45) is 0. The molecule has 0 aromatic heterocycles. The first-order valence-corrected chi connectivity index (χ1v) is 6.84. The Kier molecular flexibility index (Phi) is 5.25. The third-order valence-electron chi connectivity index (χ3n) is 2.84. The molecule has 1 N–H and O–H groups in total. The Hall–Kier alpha value is -1.51. The first-order valence-electron chi connectivity index (χ1n) is 6.46. The van der Waals surface area contributed by atoms with Crippen molar-refractivity contribution in [1.82, 2.24) is 5.32 Å². The van der Waals surface area contributed by atoms with Crippen molar-refractivity contribution in [2.45, 2.75) is 20.1 Å². The lowest BCUT2D eigenvalue weighted by Crippen LogP contribution is -2.13. The van der Waals surface area contributed by atoms with Crippen molar-refractivity contribution in [2.75, 3.05) is 6.54 Å². The monoisotopic (exact) mass is 275 g/mol. The minimum atomic E-state index is 0.531. The first kappa shape index (κ1) is 13.9. The van der Waals surface area contributed by atoms with Gasteiger partial charge in [0.05, 0.1) is 5.02 Å². The highest BCUT2D eigenvalue weighted by atomic mass is 35.5. The van der Waals surface area contributed by atoms with E-state index in [1.54, 1.807) is 0 Å². The maximum absolute atomic E-state index is 6.22. The van der Waals surface area contributed by atoms with Gasteiger partial charge in [0.25, 0.3) is 0 Å². The average Bonchev–Trinajstić information content (AvgIpc) is 2.45. The van der Waals surface area contributed by atoms with Gasteiger partial charge in [-0.3, -0.25) is 0 Å². The molecule has 0 saturated carbocycles. The molecule has 100 valence electrons. The molecule has 2 rings (SSSR count). The average molecular weight is 276 g/mol. The fourth-order valence-corrected chi connectivity index (χ4v) is 2.09. The molecule has 0 amide bonds. The molecule has 0 saturated heterocycles. The molecule has 0 aliphatic heterocycles. The summed E-state index contributed by atoms with van der Waals surface area (Å²) in [5.74, 6) is 0.772. The van der Waals surface area contributed by atoms with E-state index in [2.05, 4.69) is 12.2 Å². The van der Waals surface area contributed by atoms with E-state index in [0.29, 0.717) is 11.6 Å². The van der Waals surface area contributed by atoms with Crippen LogP contribution in [-0.4, -0.2) is 6.54 Å². The molecular weight excluding hydrogens is 258 g/mol. The topological polar surface area (TPSA) is 21.3 Å². The second-order valence-corrected chi connectivity index (χ2v) is 4.69. The highest BCUT2D eigenvalue weighted by Crippen LogP contribution is 2.29. The molecule has 0 heterocycles. The second kappa shape index (κ2) is 7.17. The number of ether oxygens (including phenoxy) is 1. The predicted octanol–water partition coefficient (Wildman–Crippen LogP) is 4.03. The number of rotatable bonds is 6. The zero-order valence-corrected chi connectivity index (χ0v) is 11.8. The molecule has 2 aromatic carbocycles. The minimum Gasteiger partial charge on any atom is -0.487 e. The Morgan fingerprint density at radius 2 is 1.84 bits per heavy atom. The standard InChI is InChI=1S/C16H18ClNO/c1-2-18-11-14-9-6-10-15(17)16(14)19-12-13-7-4-3-5-8-13/h3-10,18H,2,11-12H2,1H3. The van der Waals surface area contributed by atoms with Gasteiger partial charge in [-0.1, -0.05) is 61.0 Å². The zero-order valence-electron chi connectivity index (χ0n) is 11.0. The van der Waals surface area contributed by atoms with Crippen molar-refractivity contribution in [3.8, 4) is 5.75 Å². The molecule has 0 aliphatic carbocycles. The van der Waals surface area contributed by atoms with Crippen molar-refractivity contribution in [2.24, 2.45) is 0 Å². The Morgan fingerprint density at radius 3 is 2.58 bits per heavy atom. The van der Waals surface area contributed by atoms with Crippen molar-refractivity contribution in [3.05, 3.63) is 64.7 Å². The molecular formula is C16H18ClNO. The van der Waals surface area contributed by atoms with Crippen LogP contribution in [0.4, 0.5) is 0 Å². The Bertz CT molecular complexity index is 513. The third kappa shape index (κ3) is 3.98. The van der Waals surface area contributed by atoms with Gasteiger partial charge in [0, 0.05) is 12.1 Å². The van der Waals surface area contributed by atoms with E-state index in [4.69, 9.17) is 16.3 Å². The van der Waals surface area contributed by atoms with Crippen LogP contribution in [0.15, 0.2) is 48.5 Å². The molecule has 2 nitrogen and oxygen atoms in total. The molecule has 0 aliphatic rings. The number of para-hydroxylation sites is 1. The zero-order chi connectivity index (χ0) is 13.5. The molecule has 0 fully saturated rings. The summed E-state index contributed by atoms with van der Waals surface area (Å²) in [7, 11) is 0. The summed E-state index contributed by atoms with van der Waals surface area (Å²) < 4.78 is 5.88. The van der Waals surface area contributed by atoms with Crippen LogP contribution in [-0.2, 0) is 13.2 Å². The van der Waals surface area contributed by atoms with Gasteiger partial charge in [-0.2, -0.15) is 0 Å². The van der Waals surface area contributed by atoms with Gasteiger partial charge < -0.3 is 10.1 Å². The first-order chi connectivity index (χ1) is 9.31. The summed E-state index contributed by atoms with van der Waals surface area (Å²) in [6.45, 7) is 4.30. The maximum atomic E-state index is 6.22. The van der Waals surface area contributed by atoms with Crippen LogP contribution >= 0.6 is 11.6 Å². The largest absolute Gasteiger partial charge is 0.487 e. The number of halogens is 1. The summed E-state index contributed by atoms with van der Waals surface area (Å²) in [5.41, 5.74) is 2.22. The normalized spacial score (nSPS) is 10.4. The van der Waals surface area contributed by atoms with Crippen LogP contribution in [0.5, 0.6) is 5.75 Å². The predicted molar refractivity (Wildman–Crippen MR) is 79.6 cm³/mol. The van der Waals surface area contributed by atoms with Gasteiger partial charge in [0.15, 0.2) is 0 Å². The summed E-state index contributed by atoms with van der Waals surface area (Å²) in [4.78, 5) is 0. The van der Waals surface area contributed by atoms with E-state index in [9.17, 15) is 0 Å². The highest BCUT2D eigenvalue weighted by Gasteiger charge is 2.08. The lowest BCUT2D eigenvalue weighted by atomic mass is 10.2. The summed E-state index contributed by atoms with van der Waals surface area (Å²) in [6, 6.07) is 15.9. The van der Waals surface area contributed by atoms with Gasteiger partial charge in [-0.25, -0.2) is 0 Å². The lowest BCUT2D eigenvalue weighted by molar-refractivity contribution is 0.302. The van der Waals surface area contributed by atoms with Crippen LogP contribution in [0.3, 0.4) is 0 Å². The van der Waals surface area contributed by atoms with Crippen LogP contribution in [0.25, 0.3) is 0 Å². The molecule has 0 radical (unpaired) electrons. The van der Waals surface area contributed by atoms with E-state index in [-0.39, 0.29) is 0 Å². The number of hydrogen-bond donors (Lipinski definition) is 1. The summed E-state index contributed by atoms with van der Waals surface area (Å²) >= 11 is 6.22. The Morgan fingerprint density at radius 1 is 1.05 bits per heavy atom. The van der Waals surface area contributed by atoms with Crippen LogP contribution in [0.2, 0.25) is 5.02 Å². The van der Waals surface area contributed by atoms with Gasteiger partial charge in [-0.15, -0.1) is 0 Å². The van der Waals surface area contributed by atoms with Crippen molar-refractivity contribution < 1.29 is 4.74 Å². The maximum Gasteiger partial charge on any atom is 0.142 e. The van der Waals surface area contributed by atoms with Gasteiger partial charge in [0.2, 0.25) is 0 Å². The van der Waals surface area contributed by atoms with Gasteiger partial charge >= 0.3 is 0 Å². The van der Waals surface area contributed by atoms with Gasteiger partial charge in [0.1, 0.15) is 12.4 Å². The smallest absolute Gasteiger partial charge is 0.142 e. The van der Waals surface area contributed by atoms with Crippen LogP contribution in [0.1, 0.15) is 18.1 Å². The molecule has 2 aromatic rings. The quantitative estimate of drug-likeness (QED) is 0.859. The van der Waals surface area contributed by atoms with E-state index >= 15 is 0 Å². The van der Waals surface area contributed by atoms with Crippen molar-refractivity contribution in [3.63, 3.8) is 0 Å². The lowest BCUT2D eigenvalue weighted by Gasteiger charge is -2.13. The van der Waals surface area contributed by atoms with Crippen molar-refractivity contribution in [1.29, 1.82) is 0 Å². The Balaban J connectivity index is 2.10. The SMILES string of the molecule is CCNCc1cccc(Cl)c1OCc1ccccc1. The molecule has 0 bridgehead atoms. The third-order valence-corrected chi connectivity index (χ3v) is 3.14. The summed E-state index contributed by atoms with van der Waals surface area (Å²) in [5, 5.41) is 3.95. The van der Waals surface area contributed by atoms with E-state index in [1.165, 1.54) is 0 Å². The molecule has 0 spiro atoms. The van der Waals surface area contributed by atoms with E-state index < -0.39 is 0 Å². The minimum absolute atomic E-state index is 0.531. The Labute approximate surface area is 119 Å². The fraction of sp³-hybridized carbons (Fsp3) is 0.250. The van der Waals surface area contributed by atoms with Crippen molar-refractivity contribution >= 4 is 11.6 Å². The molecule has 19 heavy (non-hydrogen) atoms. The second-order valence-electron chi connectivity index (χ2n) is 4.28. The molecule has 0 atom stereocenters. The number of nitrogens with one attached hydrogen (secondary N) is 1. The molecule has 0 unspecified atom stereocenters. The van der Waals surface area contributed by atoms with E-state index in [1.807, 2.05) is 48.5 Å². The van der Waals surface area contributed by atoms with E-state index in [0.717, 1.165) is 30.0 Å². The molecule has 3 heteroatoms. The van der Waals surface area contributed by atoms with Crippen LogP contribution < -0.4 is 10.1 Å². The number of hydrogen-bond acceptors (Lipinski definition) is 2.